The third-order valence-corrected chi connectivity index (χ3v) is 8.38. The topological polar surface area (TPSA) is 65.7 Å². The molecule has 0 saturated carbocycles. The van der Waals surface area contributed by atoms with E-state index in [0.717, 1.165) is 52.8 Å². The zero-order valence-electron chi connectivity index (χ0n) is 21.2. The van der Waals surface area contributed by atoms with Crippen molar-refractivity contribution in [2.75, 3.05) is 31.1 Å². The van der Waals surface area contributed by atoms with Crippen LogP contribution in [0, 0.1) is 0 Å². The third kappa shape index (κ3) is 4.67. The number of aromatic nitrogens is 2. The molecule has 1 saturated heterocycles. The summed E-state index contributed by atoms with van der Waals surface area (Å²) in [6.07, 6.45) is 10.5. The minimum absolute atomic E-state index is 0.00592. The van der Waals surface area contributed by atoms with Crippen LogP contribution in [-0.2, 0) is 4.79 Å². The van der Waals surface area contributed by atoms with E-state index in [1.165, 1.54) is 0 Å². The van der Waals surface area contributed by atoms with E-state index in [-0.39, 0.29) is 24.0 Å². The van der Waals surface area contributed by atoms with Crippen LogP contribution in [0.2, 0.25) is 0 Å². The number of hydrogen-bond acceptors (Lipinski definition) is 7. The van der Waals surface area contributed by atoms with Gasteiger partial charge in [-0.1, -0.05) is 24.3 Å². The van der Waals surface area contributed by atoms with Crippen LogP contribution in [0.4, 0.5) is 5.82 Å². The molecule has 3 atom stereocenters. The van der Waals surface area contributed by atoms with Gasteiger partial charge in [0.1, 0.15) is 16.6 Å². The fourth-order valence-corrected chi connectivity index (χ4v) is 6.31. The Balaban J connectivity index is 1.14. The molecule has 1 amide bonds. The number of carbonyl (C=O) groups excluding carboxylic acids is 1. The molecule has 1 fully saturated rings. The van der Waals surface area contributed by atoms with Gasteiger partial charge in [0, 0.05) is 66.2 Å². The number of piperazine rings is 1. The number of pyridine rings is 1. The maximum absolute atomic E-state index is 13.7. The van der Waals surface area contributed by atoms with Crippen LogP contribution < -0.4 is 4.90 Å². The van der Waals surface area contributed by atoms with Crippen molar-refractivity contribution in [3.8, 4) is 21.9 Å². The lowest BCUT2D eigenvalue weighted by Crippen LogP contribution is -2.59. The van der Waals surface area contributed by atoms with Crippen molar-refractivity contribution in [1.82, 2.24) is 19.8 Å². The number of amides is 1. The van der Waals surface area contributed by atoms with Crippen molar-refractivity contribution in [2.24, 2.45) is 0 Å². The summed E-state index contributed by atoms with van der Waals surface area (Å²) in [6, 6.07) is 12.8. The summed E-state index contributed by atoms with van der Waals surface area (Å²) in [5, 5.41) is 2.96. The second-order valence-electron chi connectivity index (χ2n) is 9.97. The Labute approximate surface area is 221 Å². The molecule has 37 heavy (non-hydrogen) atoms. The zero-order valence-corrected chi connectivity index (χ0v) is 22.0. The molecule has 190 valence electrons. The van der Waals surface area contributed by atoms with Crippen molar-refractivity contribution < 1.29 is 9.21 Å². The smallest absolute Gasteiger partial charge is 0.237 e. The molecule has 2 aromatic heterocycles. The average Bonchev–Trinajstić information content (AvgIpc) is 3.61. The molecular formula is C29H31N5O2S. The molecule has 7 nitrogen and oxygen atoms in total. The van der Waals surface area contributed by atoms with E-state index >= 15 is 0 Å². The molecule has 4 aliphatic rings. The number of anilines is 1. The fourth-order valence-electron chi connectivity index (χ4n) is 5.68. The summed E-state index contributed by atoms with van der Waals surface area (Å²) in [6.45, 7) is 7.11. The minimum Gasteiger partial charge on any atom is -0.464 e. The molecule has 5 heterocycles. The average molecular weight is 514 g/mol. The lowest BCUT2D eigenvalue weighted by molar-refractivity contribution is -0.136. The maximum atomic E-state index is 13.7. The van der Waals surface area contributed by atoms with E-state index < -0.39 is 0 Å². The number of hydrogen-bond donors (Lipinski definition) is 0. The Morgan fingerprint density at radius 3 is 2.65 bits per heavy atom. The van der Waals surface area contributed by atoms with Crippen LogP contribution in [0.15, 0.2) is 77.0 Å². The highest BCUT2D eigenvalue weighted by atomic mass is 32.1. The van der Waals surface area contributed by atoms with Crippen LogP contribution in [0.25, 0.3) is 21.9 Å². The quantitative estimate of drug-likeness (QED) is 0.336. The van der Waals surface area contributed by atoms with Crippen LogP contribution in [0.3, 0.4) is 0 Å². The van der Waals surface area contributed by atoms with Crippen molar-refractivity contribution in [1.29, 1.82) is 0 Å². The standard InChI is InChI=1S/C29H31N5O2S/c1-20-17-32(26-11-9-23(16-31-26)29-30-12-15-37-29)18-21(2)34(20)19-27(35)33-13-4-3-7-25(33)24-10-8-22-6-5-14-36-28(22)24/h3-6,8-12,14-16,20-21,25H,7,13,17-19H2,1-2H3/t20-,21+,25?. The highest BCUT2D eigenvalue weighted by Crippen LogP contribution is 2.38. The summed E-state index contributed by atoms with van der Waals surface area (Å²) in [5.41, 5.74) is 3.21. The Hall–Kier alpha value is -3.49. The monoisotopic (exact) mass is 513 g/mol. The maximum Gasteiger partial charge on any atom is 0.237 e. The van der Waals surface area contributed by atoms with Crippen LogP contribution in [0.5, 0.6) is 0 Å². The lowest BCUT2D eigenvalue weighted by Gasteiger charge is -2.45. The number of fused-ring (bicyclic) bond motifs is 1. The number of thiazole rings is 1. The second kappa shape index (κ2) is 10.1. The fraction of sp³-hybridized carbons (Fsp3) is 0.345. The molecule has 8 heteroatoms. The zero-order chi connectivity index (χ0) is 25.4. The molecule has 2 aromatic rings. The van der Waals surface area contributed by atoms with Gasteiger partial charge < -0.3 is 14.2 Å². The van der Waals surface area contributed by atoms with Gasteiger partial charge in [0.05, 0.1) is 18.8 Å². The first kappa shape index (κ1) is 23.9. The summed E-state index contributed by atoms with van der Waals surface area (Å²) in [4.78, 5) is 29.5. The first-order chi connectivity index (χ1) is 18.1. The molecule has 3 aliphatic heterocycles. The van der Waals surface area contributed by atoms with Gasteiger partial charge in [-0.25, -0.2) is 9.97 Å². The number of carbonyl (C=O) groups is 1. The van der Waals surface area contributed by atoms with Crippen molar-refractivity contribution >= 4 is 23.1 Å². The highest BCUT2D eigenvalue weighted by Gasteiger charge is 2.35. The van der Waals surface area contributed by atoms with E-state index in [1.807, 2.05) is 28.7 Å². The first-order valence-electron chi connectivity index (χ1n) is 12.9. The van der Waals surface area contributed by atoms with Gasteiger partial charge in [0.15, 0.2) is 0 Å². The second-order valence-corrected chi connectivity index (χ2v) is 10.9. The molecule has 6 rings (SSSR count). The Kier molecular flexibility index (Phi) is 6.52. The van der Waals surface area contributed by atoms with Gasteiger partial charge in [-0.05, 0) is 44.5 Å². The molecule has 0 spiro atoms. The van der Waals surface area contributed by atoms with Crippen LogP contribution >= 0.6 is 11.3 Å². The first-order valence-corrected chi connectivity index (χ1v) is 13.7. The highest BCUT2D eigenvalue weighted by molar-refractivity contribution is 7.13. The Bertz CT molecular complexity index is 1340. The molecule has 0 radical (unpaired) electrons. The SMILES string of the molecule is C[C@@H]1CN(c2ccc(-c3nccs3)cn2)C[C@H](C)N1CC(=O)N1CC=CCC1c1ccc2cccoc1-2. The van der Waals surface area contributed by atoms with E-state index in [0.29, 0.717) is 13.1 Å². The Morgan fingerprint density at radius 1 is 1.05 bits per heavy atom. The predicted molar refractivity (Wildman–Crippen MR) is 147 cm³/mol. The van der Waals surface area contributed by atoms with Crippen LogP contribution in [-0.4, -0.2) is 63.9 Å². The summed E-state index contributed by atoms with van der Waals surface area (Å²) >= 11 is 1.62. The van der Waals surface area contributed by atoms with E-state index in [2.05, 4.69) is 71.1 Å². The van der Waals surface area contributed by atoms with Gasteiger partial charge >= 0.3 is 0 Å². The molecule has 0 bridgehead atoms. The lowest BCUT2D eigenvalue weighted by atomic mass is 9.99. The number of rotatable bonds is 5. The van der Waals surface area contributed by atoms with Crippen molar-refractivity contribution in [2.45, 2.75) is 38.4 Å². The van der Waals surface area contributed by atoms with E-state index in [4.69, 9.17) is 9.40 Å². The summed E-state index contributed by atoms with van der Waals surface area (Å²) in [5.74, 6) is 2.01. The molecule has 0 aromatic carbocycles. The van der Waals surface area contributed by atoms with Crippen LogP contribution in [0.1, 0.15) is 31.9 Å². The van der Waals surface area contributed by atoms with Gasteiger partial charge in [-0.15, -0.1) is 11.3 Å². The van der Waals surface area contributed by atoms with Gasteiger partial charge in [0.2, 0.25) is 5.91 Å². The largest absolute Gasteiger partial charge is 0.464 e. The Morgan fingerprint density at radius 2 is 1.89 bits per heavy atom. The normalized spacial score (nSPS) is 22.6. The molecular weight excluding hydrogens is 482 g/mol. The molecule has 1 unspecified atom stereocenters. The summed E-state index contributed by atoms with van der Waals surface area (Å²) < 4.78 is 5.84. The van der Waals surface area contributed by atoms with Gasteiger partial charge in [0.25, 0.3) is 0 Å². The predicted octanol–water partition coefficient (Wildman–Crippen LogP) is 5.33. The van der Waals surface area contributed by atoms with Crippen molar-refractivity contribution in [3.05, 3.63) is 78.2 Å². The number of nitrogens with zero attached hydrogens (tertiary/aromatic N) is 5. The molecule has 0 N–H and O–H groups in total. The van der Waals surface area contributed by atoms with E-state index in [9.17, 15) is 4.79 Å². The molecule has 1 aliphatic carbocycles. The van der Waals surface area contributed by atoms with Crippen molar-refractivity contribution in [3.63, 3.8) is 0 Å². The summed E-state index contributed by atoms with van der Waals surface area (Å²) in [7, 11) is 0. The van der Waals surface area contributed by atoms with E-state index in [1.54, 1.807) is 17.6 Å². The third-order valence-electron chi connectivity index (χ3n) is 7.56. The minimum atomic E-state index is -0.00592. The van der Waals surface area contributed by atoms with Gasteiger partial charge in [-0.2, -0.15) is 0 Å². The van der Waals surface area contributed by atoms with Gasteiger partial charge in [-0.3, -0.25) is 9.69 Å².